The molecule has 6 heteroatoms. The zero-order chi connectivity index (χ0) is 18.5. The maximum atomic E-state index is 12.5. The summed E-state index contributed by atoms with van der Waals surface area (Å²) < 4.78 is 10.8. The van der Waals surface area contributed by atoms with Crippen molar-refractivity contribution in [2.75, 3.05) is 20.3 Å². The number of ether oxygens (including phenoxy) is 2. The number of hydrogen-bond donors (Lipinski definition) is 0. The minimum absolute atomic E-state index is 0.216. The summed E-state index contributed by atoms with van der Waals surface area (Å²) in [6, 6.07) is 15.0. The van der Waals surface area contributed by atoms with Crippen LogP contribution in [0, 0.1) is 6.92 Å². The fraction of sp³-hybridized carbons (Fsp3) is 0.200. The lowest BCUT2D eigenvalue weighted by Crippen LogP contribution is -2.32. The van der Waals surface area contributed by atoms with Crippen LogP contribution >= 0.6 is 11.8 Å². The number of rotatable bonds is 6. The summed E-state index contributed by atoms with van der Waals surface area (Å²) in [5, 5.41) is -0.281. The Bertz CT molecular complexity index is 862. The SMILES string of the molecule is COc1cccc(/C=C2\SC(=O)N(CCOc3cccc(C)c3)C2=O)c1. The lowest BCUT2D eigenvalue weighted by atomic mass is 10.2. The van der Waals surface area contributed by atoms with Crippen molar-refractivity contribution in [3.8, 4) is 11.5 Å². The molecule has 5 nitrogen and oxygen atoms in total. The van der Waals surface area contributed by atoms with Crippen LogP contribution in [0.1, 0.15) is 11.1 Å². The van der Waals surface area contributed by atoms with Crippen LogP contribution in [-0.2, 0) is 4.79 Å². The van der Waals surface area contributed by atoms with Crippen LogP contribution in [-0.4, -0.2) is 36.3 Å². The topological polar surface area (TPSA) is 55.8 Å². The molecule has 2 amide bonds. The number of benzene rings is 2. The van der Waals surface area contributed by atoms with Crippen LogP contribution in [0.5, 0.6) is 11.5 Å². The number of carbonyl (C=O) groups excluding carboxylic acids is 2. The van der Waals surface area contributed by atoms with E-state index in [0.29, 0.717) is 10.7 Å². The summed E-state index contributed by atoms with van der Waals surface area (Å²) in [4.78, 5) is 26.3. The summed E-state index contributed by atoms with van der Waals surface area (Å²) in [5.41, 5.74) is 1.90. The second kappa shape index (κ2) is 8.10. The van der Waals surface area contributed by atoms with Gasteiger partial charge >= 0.3 is 0 Å². The minimum atomic E-state index is -0.296. The number of aryl methyl sites for hydroxylation is 1. The lowest BCUT2D eigenvalue weighted by molar-refractivity contribution is -0.123. The van der Waals surface area contributed by atoms with Gasteiger partial charge in [0.2, 0.25) is 0 Å². The van der Waals surface area contributed by atoms with Gasteiger partial charge < -0.3 is 9.47 Å². The second-order valence-corrected chi connectivity index (χ2v) is 6.77. The lowest BCUT2D eigenvalue weighted by Gasteiger charge is -2.13. The molecule has 1 saturated heterocycles. The number of hydrogen-bond acceptors (Lipinski definition) is 5. The van der Waals surface area contributed by atoms with E-state index in [0.717, 1.165) is 28.6 Å². The molecule has 0 saturated carbocycles. The number of imide groups is 1. The van der Waals surface area contributed by atoms with Gasteiger partial charge in [-0.1, -0.05) is 24.3 Å². The van der Waals surface area contributed by atoms with Crippen LogP contribution in [0.3, 0.4) is 0 Å². The predicted molar refractivity (Wildman–Crippen MR) is 102 cm³/mol. The monoisotopic (exact) mass is 369 g/mol. The molecular weight excluding hydrogens is 350 g/mol. The molecule has 2 aromatic rings. The Balaban J connectivity index is 1.64. The van der Waals surface area contributed by atoms with Gasteiger partial charge in [-0.05, 0) is 60.2 Å². The van der Waals surface area contributed by atoms with Crippen LogP contribution in [0.4, 0.5) is 4.79 Å². The van der Waals surface area contributed by atoms with Crippen LogP contribution in [0.2, 0.25) is 0 Å². The van der Waals surface area contributed by atoms with Crippen molar-refractivity contribution in [2.45, 2.75) is 6.92 Å². The number of amides is 2. The largest absolute Gasteiger partial charge is 0.497 e. The molecule has 3 rings (SSSR count). The molecule has 0 N–H and O–H groups in total. The molecule has 1 heterocycles. The highest BCUT2D eigenvalue weighted by atomic mass is 32.2. The molecule has 0 aromatic heterocycles. The molecule has 26 heavy (non-hydrogen) atoms. The summed E-state index contributed by atoms with van der Waals surface area (Å²) in [6.45, 7) is 2.45. The highest BCUT2D eigenvalue weighted by Gasteiger charge is 2.34. The molecule has 0 aliphatic carbocycles. The Morgan fingerprint density at radius 3 is 2.62 bits per heavy atom. The van der Waals surface area contributed by atoms with Gasteiger partial charge in [0, 0.05) is 0 Å². The molecule has 134 valence electrons. The van der Waals surface area contributed by atoms with Crippen molar-refractivity contribution >= 4 is 29.0 Å². The smallest absolute Gasteiger partial charge is 0.293 e. The first-order valence-corrected chi connectivity index (χ1v) is 8.97. The van der Waals surface area contributed by atoms with E-state index in [1.807, 2.05) is 55.5 Å². The van der Waals surface area contributed by atoms with Crippen LogP contribution < -0.4 is 9.47 Å². The van der Waals surface area contributed by atoms with E-state index in [4.69, 9.17) is 9.47 Å². The summed E-state index contributed by atoms with van der Waals surface area (Å²) in [7, 11) is 1.58. The maximum absolute atomic E-state index is 12.5. The Labute approximate surface area is 156 Å². The molecule has 1 fully saturated rings. The summed E-state index contributed by atoms with van der Waals surface area (Å²) in [6.07, 6.45) is 1.70. The average Bonchev–Trinajstić information content (AvgIpc) is 2.89. The van der Waals surface area contributed by atoms with Crippen LogP contribution in [0.15, 0.2) is 53.4 Å². The van der Waals surface area contributed by atoms with Crippen LogP contribution in [0.25, 0.3) is 6.08 Å². The Kier molecular flexibility index (Phi) is 5.63. The van der Waals surface area contributed by atoms with E-state index in [1.165, 1.54) is 4.90 Å². The first kappa shape index (κ1) is 18.1. The molecule has 1 aliphatic rings. The molecule has 0 unspecified atom stereocenters. The van der Waals surface area contributed by atoms with Gasteiger partial charge in [0.15, 0.2) is 0 Å². The molecule has 1 aliphatic heterocycles. The first-order chi connectivity index (χ1) is 12.6. The van der Waals surface area contributed by atoms with Gasteiger partial charge in [0.25, 0.3) is 11.1 Å². The van der Waals surface area contributed by atoms with Gasteiger partial charge in [-0.25, -0.2) is 0 Å². The van der Waals surface area contributed by atoms with Gasteiger partial charge in [-0.15, -0.1) is 0 Å². The Morgan fingerprint density at radius 1 is 1.08 bits per heavy atom. The van der Waals surface area contributed by atoms with E-state index in [9.17, 15) is 9.59 Å². The zero-order valence-electron chi connectivity index (χ0n) is 14.6. The van der Waals surface area contributed by atoms with Crippen molar-refractivity contribution in [3.63, 3.8) is 0 Å². The molecule has 0 atom stereocenters. The van der Waals surface area contributed by atoms with Gasteiger partial charge in [0.1, 0.15) is 18.1 Å². The van der Waals surface area contributed by atoms with Gasteiger partial charge in [0.05, 0.1) is 18.6 Å². The quantitative estimate of drug-likeness (QED) is 0.717. The highest BCUT2D eigenvalue weighted by Crippen LogP contribution is 2.32. The van der Waals surface area contributed by atoms with Gasteiger partial charge in [-0.3, -0.25) is 14.5 Å². The third kappa shape index (κ3) is 4.26. The zero-order valence-corrected chi connectivity index (χ0v) is 15.4. The average molecular weight is 369 g/mol. The van der Waals surface area contributed by atoms with Crippen molar-refractivity contribution in [1.82, 2.24) is 4.90 Å². The van der Waals surface area contributed by atoms with Crippen molar-refractivity contribution in [3.05, 3.63) is 64.6 Å². The van der Waals surface area contributed by atoms with Crippen molar-refractivity contribution < 1.29 is 19.1 Å². The highest BCUT2D eigenvalue weighted by molar-refractivity contribution is 8.18. The van der Waals surface area contributed by atoms with E-state index in [2.05, 4.69) is 0 Å². The third-order valence-electron chi connectivity index (χ3n) is 3.84. The maximum Gasteiger partial charge on any atom is 0.293 e. The predicted octanol–water partition coefficient (Wildman–Crippen LogP) is 4.12. The van der Waals surface area contributed by atoms with Crippen molar-refractivity contribution in [2.24, 2.45) is 0 Å². The molecule has 0 radical (unpaired) electrons. The Morgan fingerprint density at radius 2 is 1.85 bits per heavy atom. The number of carbonyl (C=O) groups is 2. The second-order valence-electron chi connectivity index (χ2n) is 5.77. The fourth-order valence-electron chi connectivity index (χ4n) is 2.54. The first-order valence-electron chi connectivity index (χ1n) is 8.16. The molecule has 0 spiro atoms. The molecule has 0 bridgehead atoms. The number of nitrogens with zero attached hydrogens (tertiary/aromatic N) is 1. The fourth-order valence-corrected chi connectivity index (χ4v) is 3.40. The van der Waals surface area contributed by atoms with E-state index >= 15 is 0 Å². The normalized spacial score (nSPS) is 15.6. The standard InChI is InChI=1S/C20H19NO4S/c1-14-5-3-8-17(11-14)25-10-9-21-19(22)18(26-20(21)23)13-15-6-4-7-16(12-15)24-2/h3-8,11-13H,9-10H2,1-2H3/b18-13-. The van der Waals surface area contributed by atoms with Gasteiger partial charge in [-0.2, -0.15) is 0 Å². The van der Waals surface area contributed by atoms with E-state index < -0.39 is 0 Å². The number of methoxy groups -OCH3 is 1. The molecular formula is C20H19NO4S. The summed E-state index contributed by atoms with van der Waals surface area (Å²) in [5.74, 6) is 1.13. The number of thioether (sulfide) groups is 1. The molecule has 2 aromatic carbocycles. The van der Waals surface area contributed by atoms with Crippen molar-refractivity contribution in [1.29, 1.82) is 0 Å². The van der Waals surface area contributed by atoms with E-state index in [-0.39, 0.29) is 24.3 Å². The third-order valence-corrected chi connectivity index (χ3v) is 4.75. The minimum Gasteiger partial charge on any atom is -0.497 e. The van der Waals surface area contributed by atoms with E-state index in [1.54, 1.807) is 13.2 Å². The summed E-state index contributed by atoms with van der Waals surface area (Å²) >= 11 is 0.941. The Hall–Kier alpha value is -2.73.